The van der Waals surface area contributed by atoms with E-state index in [2.05, 4.69) is 5.32 Å². The topological polar surface area (TPSA) is 52.6 Å². The number of amides is 1. The van der Waals surface area contributed by atoms with Gasteiger partial charge in [-0.2, -0.15) is 0 Å². The van der Waals surface area contributed by atoms with E-state index >= 15 is 0 Å². The van der Waals surface area contributed by atoms with Crippen LogP contribution < -0.4 is 10.2 Å². The third-order valence-electron chi connectivity index (χ3n) is 3.00. The zero-order valence-corrected chi connectivity index (χ0v) is 12.1. The van der Waals surface area contributed by atoms with Gasteiger partial charge in [-0.3, -0.25) is 4.79 Å². The molecule has 4 heteroatoms. The molecule has 0 aliphatic heterocycles. The third kappa shape index (κ3) is 4.93. The Morgan fingerprint density at radius 1 is 1.10 bits per heavy atom. The van der Waals surface area contributed by atoms with Crippen LogP contribution in [0.25, 0.3) is 0 Å². The van der Waals surface area contributed by atoms with Crippen LogP contribution in [-0.4, -0.2) is 30.2 Å². The van der Waals surface area contributed by atoms with Gasteiger partial charge in [0.1, 0.15) is 0 Å². The summed E-state index contributed by atoms with van der Waals surface area (Å²) in [6.45, 7) is 2.32. The minimum Gasteiger partial charge on any atom is -0.392 e. The van der Waals surface area contributed by atoms with Crippen LogP contribution in [0.2, 0.25) is 0 Å². The highest BCUT2D eigenvalue weighted by atomic mass is 16.3. The Hall–Kier alpha value is -2.33. The molecule has 0 saturated heterocycles. The minimum atomic E-state index is -0.505. The summed E-state index contributed by atoms with van der Waals surface area (Å²) in [5.74, 6) is -0.106. The van der Waals surface area contributed by atoms with Crippen LogP contribution in [0.15, 0.2) is 60.7 Å². The molecule has 0 unspecified atom stereocenters. The fourth-order valence-electron chi connectivity index (χ4n) is 2.11. The van der Waals surface area contributed by atoms with Crippen molar-refractivity contribution in [1.29, 1.82) is 0 Å². The maximum atomic E-state index is 12.1. The molecule has 21 heavy (non-hydrogen) atoms. The highest BCUT2D eigenvalue weighted by Crippen LogP contribution is 2.14. The van der Waals surface area contributed by atoms with E-state index in [1.54, 1.807) is 6.92 Å². The number of para-hydroxylation sites is 2. The molecule has 4 nitrogen and oxygen atoms in total. The molecule has 1 amide bonds. The molecular formula is C17H20N2O2. The van der Waals surface area contributed by atoms with Crippen LogP contribution in [0.1, 0.15) is 6.92 Å². The molecular weight excluding hydrogens is 264 g/mol. The molecule has 110 valence electrons. The number of aliphatic hydroxyl groups is 1. The first-order valence-corrected chi connectivity index (χ1v) is 6.98. The standard InChI is InChI=1S/C17H20N2O2/c1-14(20)12-19(16-10-6-3-7-11-16)13-17(21)18-15-8-4-2-5-9-15/h2-11,14,20H,12-13H2,1H3,(H,18,21)/t14-/m1/s1. The van der Waals surface area contributed by atoms with E-state index in [0.29, 0.717) is 6.54 Å². The Morgan fingerprint density at radius 2 is 1.67 bits per heavy atom. The van der Waals surface area contributed by atoms with Crippen molar-refractivity contribution in [3.63, 3.8) is 0 Å². The fraction of sp³-hybridized carbons (Fsp3) is 0.235. The van der Waals surface area contributed by atoms with Crippen LogP contribution in [0.4, 0.5) is 11.4 Å². The summed E-state index contributed by atoms with van der Waals surface area (Å²) in [4.78, 5) is 14.0. The largest absolute Gasteiger partial charge is 0.392 e. The van der Waals surface area contributed by atoms with Gasteiger partial charge in [0.05, 0.1) is 12.6 Å². The quantitative estimate of drug-likeness (QED) is 0.857. The predicted octanol–water partition coefficient (Wildman–Crippen LogP) is 2.51. The van der Waals surface area contributed by atoms with E-state index in [-0.39, 0.29) is 12.5 Å². The highest BCUT2D eigenvalue weighted by molar-refractivity contribution is 5.94. The van der Waals surface area contributed by atoms with E-state index < -0.39 is 6.10 Å². The number of benzene rings is 2. The Labute approximate surface area is 125 Å². The van der Waals surface area contributed by atoms with Crippen molar-refractivity contribution in [2.24, 2.45) is 0 Å². The van der Waals surface area contributed by atoms with Crippen LogP contribution >= 0.6 is 0 Å². The van der Waals surface area contributed by atoms with E-state index in [1.165, 1.54) is 0 Å². The Morgan fingerprint density at radius 3 is 2.24 bits per heavy atom. The van der Waals surface area contributed by atoms with Gasteiger partial charge in [0, 0.05) is 17.9 Å². The van der Waals surface area contributed by atoms with Gasteiger partial charge >= 0.3 is 0 Å². The summed E-state index contributed by atoms with van der Waals surface area (Å²) in [6, 6.07) is 19.0. The van der Waals surface area contributed by atoms with Crippen molar-refractivity contribution >= 4 is 17.3 Å². The van der Waals surface area contributed by atoms with E-state index in [9.17, 15) is 9.90 Å². The maximum absolute atomic E-state index is 12.1. The van der Waals surface area contributed by atoms with E-state index in [0.717, 1.165) is 11.4 Å². The molecule has 2 N–H and O–H groups in total. The number of nitrogens with zero attached hydrogens (tertiary/aromatic N) is 1. The Kier molecular flexibility index (Phi) is 5.35. The summed E-state index contributed by atoms with van der Waals surface area (Å²) in [5.41, 5.74) is 1.69. The van der Waals surface area contributed by atoms with Crippen molar-refractivity contribution in [2.45, 2.75) is 13.0 Å². The van der Waals surface area contributed by atoms with Gasteiger partial charge in [0.2, 0.25) is 5.91 Å². The summed E-state index contributed by atoms with van der Waals surface area (Å²) < 4.78 is 0. The van der Waals surface area contributed by atoms with Crippen molar-refractivity contribution in [2.75, 3.05) is 23.3 Å². The Balaban J connectivity index is 2.03. The molecule has 0 aromatic heterocycles. The molecule has 2 rings (SSSR count). The van der Waals surface area contributed by atoms with Gasteiger partial charge in [0.25, 0.3) is 0 Å². The SMILES string of the molecule is C[C@@H](O)CN(CC(=O)Nc1ccccc1)c1ccccc1. The monoisotopic (exact) mass is 284 g/mol. The minimum absolute atomic E-state index is 0.106. The lowest BCUT2D eigenvalue weighted by Gasteiger charge is -2.25. The van der Waals surface area contributed by atoms with Gasteiger partial charge in [-0.25, -0.2) is 0 Å². The molecule has 0 aliphatic carbocycles. The molecule has 2 aromatic carbocycles. The lowest BCUT2D eigenvalue weighted by atomic mass is 10.2. The number of anilines is 2. The summed E-state index contributed by atoms with van der Waals surface area (Å²) in [5, 5.41) is 12.5. The van der Waals surface area contributed by atoms with Gasteiger partial charge in [-0.05, 0) is 31.2 Å². The number of hydrogen-bond donors (Lipinski definition) is 2. The van der Waals surface area contributed by atoms with Crippen LogP contribution in [0.3, 0.4) is 0 Å². The number of rotatable bonds is 6. The first-order valence-electron chi connectivity index (χ1n) is 6.98. The molecule has 1 atom stereocenters. The average molecular weight is 284 g/mol. The predicted molar refractivity (Wildman–Crippen MR) is 85.4 cm³/mol. The summed E-state index contributed by atoms with van der Waals surface area (Å²) >= 11 is 0. The van der Waals surface area contributed by atoms with E-state index in [4.69, 9.17) is 0 Å². The number of hydrogen-bond acceptors (Lipinski definition) is 3. The zero-order chi connectivity index (χ0) is 15.1. The molecule has 0 fully saturated rings. The second-order valence-corrected chi connectivity index (χ2v) is 4.98. The highest BCUT2D eigenvalue weighted by Gasteiger charge is 2.13. The van der Waals surface area contributed by atoms with Crippen molar-refractivity contribution in [1.82, 2.24) is 0 Å². The first kappa shape index (κ1) is 15.1. The lowest BCUT2D eigenvalue weighted by Crippen LogP contribution is -2.37. The maximum Gasteiger partial charge on any atom is 0.243 e. The van der Waals surface area contributed by atoms with E-state index in [1.807, 2.05) is 65.6 Å². The van der Waals surface area contributed by atoms with Crippen LogP contribution in [0.5, 0.6) is 0 Å². The molecule has 0 saturated carbocycles. The number of carbonyl (C=O) groups is 1. The van der Waals surface area contributed by atoms with Crippen molar-refractivity contribution in [3.05, 3.63) is 60.7 Å². The lowest BCUT2D eigenvalue weighted by molar-refractivity contribution is -0.115. The molecule has 0 aliphatic rings. The molecule has 2 aromatic rings. The molecule has 0 spiro atoms. The fourth-order valence-corrected chi connectivity index (χ4v) is 2.11. The molecule has 0 radical (unpaired) electrons. The van der Waals surface area contributed by atoms with Gasteiger partial charge < -0.3 is 15.3 Å². The van der Waals surface area contributed by atoms with Crippen molar-refractivity contribution in [3.8, 4) is 0 Å². The van der Waals surface area contributed by atoms with Crippen LogP contribution in [0, 0.1) is 0 Å². The average Bonchev–Trinajstić information content (AvgIpc) is 2.48. The number of carbonyl (C=O) groups excluding carboxylic acids is 1. The smallest absolute Gasteiger partial charge is 0.243 e. The van der Waals surface area contributed by atoms with Gasteiger partial charge in [0.15, 0.2) is 0 Å². The summed E-state index contributed by atoms with van der Waals surface area (Å²) in [6.07, 6.45) is -0.505. The molecule has 0 bridgehead atoms. The van der Waals surface area contributed by atoms with Gasteiger partial charge in [-0.1, -0.05) is 36.4 Å². The second-order valence-electron chi connectivity index (χ2n) is 4.98. The number of aliphatic hydroxyl groups excluding tert-OH is 1. The van der Waals surface area contributed by atoms with Gasteiger partial charge in [-0.15, -0.1) is 0 Å². The Bertz CT molecular complexity index is 556. The number of nitrogens with one attached hydrogen (secondary N) is 1. The third-order valence-corrected chi connectivity index (χ3v) is 3.00. The van der Waals surface area contributed by atoms with Crippen LogP contribution in [-0.2, 0) is 4.79 Å². The molecule has 0 heterocycles. The normalized spacial score (nSPS) is 11.7. The zero-order valence-electron chi connectivity index (χ0n) is 12.1. The summed E-state index contributed by atoms with van der Waals surface area (Å²) in [7, 11) is 0. The van der Waals surface area contributed by atoms with Crippen molar-refractivity contribution < 1.29 is 9.90 Å². The second kappa shape index (κ2) is 7.45. The first-order chi connectivity index (χ1) is 10.1.